The summed E-state index contributed by atoms with van der Waals surface area (Å²) in [4.78, 5) is 11.9. The summed E-state index contributed by atoms with van der Waals surface area (Å²) in [5.41, 5.74) is 10.3. The Morgan fingerprint density at radius 1 is 1.05 bits per heavy atom. The number of nitrogen functional groups attached to an aromatic ring is 1. The van der Waals surface area contributed by atoms with Crippen LogP contribution in [0.15, 0.2) is 36.4 Å². The number of rotatable bonds is 4. The lowest BCUT2D eigenvalue weighted by Crippen LogP contribution is -2.20. The average molecular weight is 284 g/mol. The number of hydrogen-bond donors (Lipinski definition) is 2. The molecule has 0 heterocycles. The first-order valence-corrected chi connectivity index (χ1v) is 6.81. The van der Waals surface area contributed by atoms with Crippen LogP contribution in [0.5, 0.6) is 5.75 Å². The van der Waals surface area contributed by atoms with Crippen molar-refractivity contribution in [3.63, 3.8) is 0 Å². The summed E-state index contributed by atoms with van der Waals surface area (Å²) in [5.74, 6) is 0.462. The fourth-order valence-electron chi connectivity index (χ4n) is 2.15. The van der Waals surface area contributed by atoms with Crippen LogP contribution >= 0.6 is 0 Å². The van der Waals surface area contributed by atoms with E-state index in [-0.39, 0.29) is 12.5 Å². The zero-order valence-electron chi connectivity index (χ0n) is 12.6. The smallest absolute Gasteiger partial charge is 0.262 e. The van der Waals surface area contributed by atoms with Crippen molar-refractivity contribution >= 4 is 17.3 Å². The highest BCUT2D eigenvalue weighted by Crippen LogP contribution is 2.20. The predicted molar refractivity (Wildman–Crippen MR) is 85.6 cm³/mol. The molecule has 0 saturated heterocycles. The zero-order valence-corrected chi connectivity index (χ0v) is 12.6. The molecule has 0 bridgehead atoms. The van der Waals surface area contributed by atoms with E-state index in [1.54, 1.807) is 6.07 Å². The van der Waals surface area contributed by atoms with Crippen molar-refractivity contribution in [1.82, 2.24) is 0 Å². The second kappa shape index (κ2) is 6.31. The lowest BCUT2D eigenvalue weighted by atomic mass is 10.1. The minimum atomic E-state index is -0.232. The van der Waals surface area contributed by atoms with E-state index in [1.165, 1.54) is 0 Å². The van der Waals surface area contributed by atoms with Crippen molar-refractivity contribution in [3.8, 4) is 5.75 Å². The summed E-state index contributed by atoms with van der Waals surface area (Å²) < 4.78 is 5.51. The molecule has 0 aliphatic rings. The Labute approximate surface area is 124 Å². The van der Waals surface area contributed by atoms with E-state index < -0.39 is 0 Å². The third kappa shape index (κ3) is 4.24. The number of ether oxygens (including phenoxy) is 1. The number of aryl methyl sites for hydroxylation is 3. The third-order valence-corrected chi connectivity index (χ3v) is 3.05. The summed E-state index contributed by atoms with van der Waals surface area (Å²) in [6, 6.07) is 11.4. The van der Waals surface area contributed by atoms with Crippen LogP contribution in [0.4, 0.5) is 11.4 Å². The van der Waals surface area contributed by atoms with Crippen LogP contribution in [0.2, 0.25) is 0 Å². The number of nitrogens with one attached hydrogen (secondary N) is 1. The first-order valence-electron chi connectivity index (χ1n) is 6.81. The van der Waals surface area contributed by atoms with E-state index in [0.717, 1.165) is 16.7 Å². The number of anilines is 2. The van der Waals surface area contributed by atoms with E-state index in [1.807, 2.05) is 45.0 Å². The van der Waals surface area contributed by atoms with E-state index in [2.05, 4.69) is 11.4 Å². The standard InChI is InChI=1S/C17H20N2O2/c1-11-4-5-16(15(18)9-11)19-17(20)10-21-14-7-12(2)6-13(3)8-14/h4-9H,10,18H2,1-3H3,(H,19,20). The highest BCUT2D eigenvalue weighted by atomic mass is 16.5. The van der Waals surface area contributed by atoms with E-state index in [0.29, 0.717) is 17.1 Å². The van der Waals surface area contributed by atoms with Crippen LogP contribution in [-0.2, 0) is 4.79 Å². The normalized spacial score (nSPS) is 10.2. The molecule has 0 radical (unpaired) electrons. The molecule has 110 valence electrons. The largest absolute Gasteiger partial charge is 0.484 e. The minimum Gasteiger partial charge on any atom is -0.484 e. The van der Waals surface area contributed by atoms with Crippen molar-refractivity contribution in [1.29, 1.82) is 0 Å². The molecule has 0 spiro atoms. The lowest BCUT2D eigenvalue weighted by Gasteiger charge is -2.11. The summed E-state index contributed by atoms with van der Waals surface area (Å²) in [6.07, 6.45) is 0. The van der Waals surface area contributed by atoms with Gasteiger partial charge in [-0.2, -0.15) is 0 Å². The van der Waals surface area contributed by atoms with Gasteiger partial charge < -0.3 is 15.8 Å². The van der Waals surface area contributed by atoms with Crippen LogP contribution < -0.4 is 15.8 Å². The van der Waals surface area contributed by atoms with Crippen LogP contribution in [0, 0.1) is 20.8 Å². The second-order valence-electron chi connectivity index (χ2n) is 5.25. The Balaban J connectivity index is 1.95. The van der Waals surface area contributed by atoms with Crippen molar-refractivity contribution in [3.05, 3.63) is 53.1 Å². The molecule has 4 heteroatoms. The molecule has 3 N–H and O–H groups in total. The van der Waals surface area contributed by atoms with Gasteiger partial charge in [0.25, 0.3) is 5.91 Å². The van der Waals surface area contributed by atoms with Crippen LogP contribution in [0.1, 0.15) is 16.7 Å². The molecule has 0 atom stereocenters. The number of amides is 1. The maximum absolute atomic E-state index is 11.9. The van der Waals surface area contributed by atoms with E-state index >= 15 is 0 Å². The molecule has 0 aromatic heterocycles. The van der Waals surface area contributed by atoms with Crippen LogP contribution in [0.25, 0.3) is 0 Å². The molecule has 0 unspecified atom stereocenters. The molecular formula is C17H20N2O2. The summed E-state index contributed by atoms with van der Waals surface area (Å²) >= 11 is 0. The molecule has 0 fully saturated rings. The van der Waals surface area contributed by atoms with Gasteiger partial charge in [0.05, 0.1) is 11.4 Å². The SMILES string of the molecule is Cc1cc(C)cc(OCC(=O)Nc2ccc(C)cc2N)c1. The number of carbonyl (C=O) groups excluding carboxylic acids is 1. The van der Waals surface area contributed by atoms with Crippen LogP contribution in [-0.4, -0.2) is 12.5 Å². The van der Waals surface area contributed by atoms with Gasteiger partial charge in [0.15, 0.2) is 6.61 Å². The topological polar surface area (TPSA) is 64.3 Å². The quantitative estimate of drug-likeness (QED) is 0.847. The van der Waals surface area contributed by atoms with Crippen molar-refractivity contribution in [2.45, 2.75) is 20.8 Å². The summed E-state index contributed by atoms with van der Waals surface area (Å²) in [6.45, 7) is 5.89. The highest BCUT2D eigenvalue weighted by molar-refractivity contribution is 5.94. The van der Waals surface area contributed by atoms with Gasteiger partial charge in [-0.15, -0.1) is 0 Å². The highest BCUT2D eigenvalue weighted by Gasteiger charge is 2.07. The first kappa shape index (κ1) is 14.9. The third-order valence-electron chi connectivity index (χ3n) is 3.05. The Morgan fingerprint density at radius 3 is 2.33 bits per heavy atom. The van der Waals surface area contributed by atoms with Gasteiger partial charge in [-0.05, 0) is 61.7 Å². The fraction of sp³-hybridized carbons (Fsp3) is 0.235. The number of nitrogens with two attached hydrogens (primary N) is 1. The van der Waals surface area contributed by atoms with Gasteiger partial charge in [0, 0.05) is 0 Å². The van der Waals surface area contributed by atoms with E-state index in [9.17, 15) is 4.79 Å². The van der Waals surface area contributed by atoms with Gasteiger partial charge in [-0.25, -0.2) is 0 Å². The molecule has 0 aliphatic carbocycles. The average Bonchev–Trinajstić information content (AvgIpc) is 2.39. The van der Waals surface area contributed by atoms with E-state index in [4.69, 9.17) is 10.5 Å². The molecule has 1 amide bonds. The summed E-state index contributed by atoms with van der Waals surface area (Å²) in [5, 5.41) is 2.75. The monoisotopic (exact) mass is 284 g/mol. The predicted octanol–water partition coefficient (Wildman–Crippen LogP) is 3.21. The Hall–Kier alpha value is -2.49. The molecule has 2 aromatic carbocycles. The Kier molecular flexibility index (Phi) is 4.48. The van der Waals surface area contributed by atoms with Gasteiger partial charge >= 0.3 is 0 Å². The number of hydrogen-bond acceptors (Lipinski definition) is 3. The maximum Gasteiger partial charge on any atom is 0.262 e. The van der Waals surface area contributed by atoms with Crippen molar-refractivity contribution in [2.75, 3.05) is 17.7 Å². The van der Waals surface area contributed by atoms with Gasteiger partial charge in [-0.1, -0.05) is 12.1 Å². The zero-order chi connectivity index (χ0) is 15.4. The molecular weight excluding hydrogens is 264 g/mol. The fourth-order valence-corrected chi connectivity index (χ4v) is 2.15. The lowest BCUT2D eigenvalue weighted by molar-refractivity contribution is -0.118. The van der Waals surface area contributed by atoms with Crippen molar-refractivity contribution in [2.24, 2.45) is 0 Å². The second-order valence-corrected chi connectivity index (χ2v) is 5.25. The number of benzene rings is 2. The van der Waals surface area contributed by atoms with Crippen LogP contribution in [0.3, 0.4) is 0 Å². The molecule has 0 saturated carbocycles. The molecule has 2 aromatic rings. The van der Waals surface area contributed by atoms with Gasteiger partial charge in [-0.3, -0.25) is 4.79 Å². The molecule has 2 rings (SSSR count). The minimum absolute atomic E-state index is 0.0454. The maximum atomic E-state index is 11.9. The molecule has 0 aliphatic heterocycles. The van der Waals surface area contributed by atoms with Gasteiger partial charge in [0.2, 0.25) is 0 Å². The molecule has 4 nitrogen and oxygen atoms in total. The summed E-state index contributed by atoms with van der Waals surface area (Å²) in [7, 11) is 0. The number of carbonyl (C=O) groups is 1. The van der Waals surface area contributed by atoms with Gasteiger partial charge in [0.1, 0.15) is 5.75 Å². The Morgan fingerprint density at radius 2 is 1.71 bits per heavy atom. The van der Waals surface area contributed by atoms with Crippen molar-refractivity contribution < 1.29 is 9.53 Å². The molecule has 21 heavy (non-hydrogen) atoms. The Bertz CT molecular complexity index is 646. The first-order chi connectivity index (χ1) is 9.94.